The van der Waals surface area contributed by atoms with Gasteiger partial charge in [0.2, 0.25) is 5.91 Å². The number of halogens is 1. The average molecular weight is 525 g/mol. The molecule has 34 heavy (non-hydrogen) atoms. The Balaban J connectivity index is 0. The molecule has 0 unspecified atom stereocenters. The van der Waals surface area contributed by atoms with Crippen LogP contribution in [0, 0.1) is 0 Å². The van der Waals surface area contributed by atoms with Gasteiger partial charge in [-0.15, -0.1) is 12.4 Å². The summed E-state index contributed by atoms with van der Waals surface area (Å²) < 4.78 is 16.2. The highest BCUT2D eigenvalue weighted by Gasteiger charge is 2.36. The van der Waals surface area contributed by atoms with E-state index in [4.69, 9.17) is 13.3 Å². The molecule has 206 valence electrons. The van der Waals surface area contributed by atoms with Gasteiger partial charge in [-0.2, -0.15) is 0 Å². The highest BCUT2D eigenvalue weighted by Crippen LogP contribution is 2.15. The fourth-order valence-corrected chi connectivity index (χ4v) is 5.87. The van der Waals surface area contributed by atoms with Crippen LogP contribution in [-0.4, -0.2) is 55.7 Å². The summed E-state index contributed by atoms with van der Waals surface area (Å²) in [6.07, 6.45) is 21.8. The van der Waals surface area contributed by atoms with Gasteiger partial charge in [-0.3, -0.25) is 4.79 Å². The Bertz CT molecular complexity index is 421. The van der Waals surface area contributed by atoms with Crippen LogP contribution in [0.4, 0.5) is 0 Å². The summed E-state index contributed by atoms with van der Waals surface area (Å²) in [5, 5.41) is 6.35. The van der Waals surface area contributed by atoms with Crippen LogP contribution in [0.1, 0.15) is 116 Å². The summed E-state index contributed by atoms with van der Waals surface area (Å²) >= 11 is 0. The van der Waals surface area contributed by atoms with E-state index in [2.05, 4.69) is 17.6 Å². The number of amides is 1. The smallest absolute Gasteiger partial charge is 0.377 e. The number of carbonyl (C=O) groups excluding carboxylic acids is 1. The molecule has 0 bridgehead atoms. The molecule has 0 aliphatic heterocycles. The van der Waals surface area contributed by atoms with Gasteiger partial charge in [0.05, 0.1) is 0 Å². The number of nitrogens with one attached hydrogen (secondary N) is 2. The molecule has 0 fully saturated rings. The lowest BCUT2D eigenvalue weighted by Crippen LogP contribution is -2.43. The number of hydrogen-bond acceptors (Lipinski definition) is 5. The number of carbonyl (C=O) groups is 1. The highest BCUT2D eigenvalue weighted by atomic mass is 35.5. The van der Waals surface area contributed by atoms with E-state index >= 15 is 0 Å². The summed E-state index contributed by atoms with van der Waals surface area (Å²) in [5.41, 5.74) is 0. The van der Waals surface area contributed by atoms with Crippen molar-refractivity contribution in [2.45, 2.75) is 122 Å². The molecule has 1 amide bonds. The lowest BCUT2D eigenvalue weighted by atomic mass is 10.0. The summed E-state index contributed by atoms with van der Waals surface area (Å²) in [6.45, 7) is 4.60. The first kappa shape index (κ1) is 36.0. The molecule has 0 aliphatic rings. The average Bonchev–Trinajstić information content (AvgIpc) is 2.83. The van der Waals surface area contributed by atoms with Crippen LogP contribution < -0.4 is 10.6 Å². The number of rotatable bonds is 26. The normalized spacial score (nSPS) is 11.4. The van der Waals surface area contributed by atoms with Gasteiger partial charge in [-0.05, 0) is 19.4 Å². The summed E-state index contributed by atoms with van der Waals surface area (Å²) in [6, 6.07) is 0.787. The largest absolute Gasteiger partial charge is 0.500 e. The molecule has 0 heterocycles. The minimum atomic E-state index is -2.46. The van der Waals surface area contributed by atoms with Crippen LogP contribution in [-0.2, 0) is 18.1 Å². The molecule has 8 heteroatoms. The molecule has 0 aromatic rings. The zero-order valence-corrected chi connectivity index (χ0v) is 24.7. The summed E-state index contributed by atoms with van der Waals surface area (Å²) in [7, 11) is 2.46. The lowest BCUT2D eigenvalue weighted by molar-refractivity contribution is -0.121. The van der Waals surface area contributed by atoms with Gasteiger partial charge in [0.25, 0.3) is 0 Å². The highest BCUT2D eigenvalue weighted by molar-refractivity contribution is 6.60. The molecule has 6 nitrogen and oxygen atoms in total. The van der Waals surface area contributed by atoms with Crippen LogP contribution in [0.2, 0.25) is 6.04 Å². The predicted octanol–water partition coefficient (Wildman–Crippen LogP) is 6.64. The van der Waals surface area contributed by atoms with Crippen molar-refractivity contribution < 1.29 is 18.1 Å². The Kier molecular flexibility index (Phi) is 29.0. The third-order valence-corrected chi connectivity index (χ3v) is 9.23. The van der Waals surface area contributed by atoms with Gasteiger partial charge in [0.15, 0.2) is 0 Å². The quantitative estimate of drug-likeness (QED) is 0.0979. The molecule has 0 aliphatic carbocycles. The van der Waals surface area contributed by atoms with Gasteiger partial charge in [-0.1, -0.05) is 96.8 Å². The van der Waals surface area contributed by atoms with Crippen molar-refractivity contribution in [2.24, 2.45) is 0 Å². The third kappa shape index (κ3) is 22.3. The Morgan fingerprint density at radius 3 is 1.50 bits per heavy atom. The minimum Gasteiger partial charge on any atom is -0.377 e. The monoisotopic (exact) mass is 524 g/mol. The van der Waals surface area contributed by atoms with E-state index in [1.165, 1.54) is 89.9 Å². The van der Waals surface area contributed by atoms with E-state index in [-0.39, 0.29) is 18.3 Å². The fraction of sp³-hybridized carbons (Fsp3) is 0.962. The topological polar surface area (TPSA) is 68.8 Å². The molecule has 0 saturated heterocycles. The molecule has 0 aromatic carbocycles. The second-order valence-corrected chi connectivity index (χ2v) is 12.3. The molecule has 0 atom stereocenters. The van der Waals surface area contributed by atoms with Gasteiger partial charge in [-0.25, -0.2) is 0 Å². The van der Waals surface area contributed by atoms with Crippen LogP contribution in [0.5, 0.6) is 0 Å². The van der Waals surface area contributed by atoms with E-state index in [1.807, 2.05) is 0 Å². The molecule has 0 rings (SSSR count). The zero-order chi connectivity index (χ0) is 24.5. The summed E-state index contributed by atoms with van der Waals surface area (Å²) in [4.78, 5) is 11.9. The van der Waals surface area contributed by atoms with Gasteiger partial charge in [0.1, 0.15) is 0 Å². The van der Waals surface area contributed by atoms with E-state index in [0.29, 0.717) is 13.0 Å². The van der Waals surface area contributed by atoms with Gasteiger partial charge in [0, 0.05) is 46.9 Å². The second-order valence-electron chi connectivity index (χ2n) is 9.20. The van der Waals surface area contributed by atoms with Crippen LogP contribution >= 0.6 is 12.4 Å². The maximum absolute atomic E-state index is 11.9. The van der Waals surface area contributed by atoms with Crippen molar-refractivity contribution in [2.75, 3.05) is 41.0 Å². The number of hydrogen-bond donors (Lipinski definition) is 2. The fourth-order valence-electron chi connectivity index (χ4n) is 4.15. The predicted molar refractivity (Wildman–Crippen MR) is 149 cm³/mol. The third-order valence-electron chi connectivity index (χ3n) is 6.40. The van der Waals surface area contributed by atoms with E-state index in [0.717, 1.165) is 32.0 Å². The maximum Gasteiger partial charge on any atom is 0.500 e. The van der Waals surface area contributed by atoms with Gasteiger partial charge < -0.3 is 23.9 Å². The standard InChI is InChI=1S/C26H56N2O4Si.ClH/c1-5-6-7-8-9-10-11-12-13-14-15-16-17-18-19-21-26(29)28-24-23-27-22-20-25-33(30-2,31-3)32-4;/h27H,5-25H2,1-4H3,(H,28,29);1H. The minimum absolute atomic E-state index is 0. The Hall–Kier alpha value is -0.183. The molecule has 0 spiro atoms. The first-order chi connectivity index (χ1) is 16.1. The zero-order valence-electron chi connectivity index (χ0n) is 22.9. The molecule has 0 radical (unpaired) electrons. The van der Waals surface area contributed by atoms with Crippen molar-refractivity contribution in [3.8, 4) is 0 Å². The van der Waals surface area contributed by atoms with Crippen molar-refractivity contribution in [1.82, 2.24) is 10.6 Å². The first-order valence-corrected chi connectivity index (χ1v) is 15.7. The molecule has 2 N–H and O–H groups in total. The van der Waals surface area contributed by atoms with Gasteiger partial charge >= 0.3 is 8.80 Å². The van der Waals surface area contributed by atoms with E-state index in [1.54, 1.807) is 21.3 Å². The Morgan fingerprint density at radius 1 is 0.618 bits per heavy atom. The van der Waals surface area contributed by atoms with Crippen molar-refractivity contribution >= 4 is 27.1 Å². The SMILES string of the molecule is CCCCCCCCCCCCCCCCCC(=O)NCCNCCC[Si](OC)(OC)OC.Cl. The molecular formula is C26H57ClN2O4Si. The van der Waals surface area contributed by atoms with Crippen LogP contribution in [0.3, 0.4) is 0 Å². The Morgan fingerprint density at radius 2 is 1.06 bits per heavy atom. The van der Waals surface area contributed by atoms with Crippen molar-refractivity contribution in [1.29, 1.82) is 0 Å². The lowest BCUT2D eigenvalue weighted by Gasteiger charge is -2.24. The molecular weight excluding hydrogens is 468 g/mol. The van der Waals surface area contributed by atoms with Crippen molar-refractivity contribution in [3.63, 3.8) is 0 Å². The van der Waals surface area contributed by atoms with Crippen LogP contribution in [0.15, 0.2) is 0 Å². The van der Waals surface area contributed by atoms with Crippen LogP contribution in [0.25, 0.3) is 0 Å². The number of unbranched alkanes of at least 4 members (excludes halogenated alkanes) is 14. The van der Waals surface area contributed by atoms with Crippen molar-refractivity contribution in [3.05, 3.63) is 0 Å². The molecule has 0 aromatic heterocycles. The molecule has 0 saturated carbocycles. The maximum atomic E-state index is 11.9. The summed E-state index contributed by atoms with van der Waals surface area (Å²) in [5.74, 6) is 0.177. The first-order valence-electron chi connectivity index (χ1n) is 13.8. The van der Waals surface area contributed by atoms with E-state index in [9.17, 15) is 4.79 Å². The Labute approximate surface area is 218 Å². The van der Waals surface area contributed by atoms with E-state index < -0.39 is 8.80 Å². The second kappa shape index (κ2) is 27.4.